The number of carbonyl (C=O) groups excluding carboxylic acids is 1. The molecule has 0 spiro atoms. The van der Waals surface area contributed by atoms with Crippen LogP contribution in [-0.2, 0) is 0 Å². The summed E-state index contributed by atoms with van der Waals surface area (Å²) in [7, 11) is 0. The van der Waals surface area contributed by atoms with Gasteiger partial charge in [-0.1, -0.05) is 11.3 Å². The molecule has 5 heteroatoms. The molecule has 3 nitrogen and oxygen atoms in total. The van der Waals surface area contributed by atoms with Gasteiger partial charge in [0, 0.05) is 18.8 Å². The maximum absolute atomic E-state index is 10.5. The molecular formula is C9H12N2OS2. The first-order chi connectivity index (χ1) is 6.90. The summed E-state index contributed by atoms with van der Waals surface area (Å²) in [6.07, 6.45) is 3.74. The lowest BCUT2D eigenvalue weighted by Gasteiger charge is -2.17. The van der Waals surface area contributed by atoms with Crippen LogP contribution >= 0.6 is 23.1 Å². The quantitative estimate of drug-likeness (QED) is 0.724. The maximum atomic E-state index is 10.5. The van der Waals surface area contributed by atoms with Crippen LogP contribution in [0, 0.1) is 0 Å². The molecule has 0 aromatic carbocycles. The second kappa shape index (κ2) is 4.79. The molecule has 2 heterocycles. The SMILES string of the molecule is O=Cc1cnc(N2CCCSCC2)s1. The first-order valence-corrected chi connectivity index (χ1v) is 6.61. The zero-order valence-electron chi connectivity index (χ0n) is 7.81. The molecule has 14 heavy (non-hydrogen) atoms. The van der Waals surface area contributed by atoms with Crippen LogP contribution in [0.4, 0.5) is 5.13 Å². The summed E-state index contributed by atoms with van der Waals surface area (Å²) in [6.45, 7) is 2.12. The summed E-state index contributed by atoms with van der Waals surface area (Å²) in [6, 6.07) is 0. The van der Waals surface area contributed by atoms with Gasteiger partial charge >= 0.3 is 0 Å². The van der Waals surface area contributed by atoms with Crippen molar-refractivity contribution in [1.29, 1.82) is 0 Å². The molecule has 1 aliphatic heterocycles. The van der Waals surface area contributed by atoms with E-state index in [9.17, 15) is 4.79 Å². The molecule has 0 amide bonds. The number of aldehydes is 1. The maximum Gasteiger partial charge on any atom is 0.185 e. The number of rotatable bonds is 2. The standard InChI is InChI=1S/C9H12N2OS2/c12-7-8-6-10-9(14-8)11-2-1-4-13-5-3-11/h6-7H,1-5H2. The Morgan fingerprint density at radius 1 is 1.43 bits per heavy atom. The highest BCUT2D eigenvalue weighted by atomic mass is 32.2. The van der Waals surface area contributed by atoms with Crippen molar-refractivity contribution >= 4 is 34.5 Å². The van der Waals surface area contributed by atoms with Crippen LogP contribution < -0.4 is 4.90 Å². The van der Waals surface area contributed by atoms with Crippen molar-refractivity contribution in [2.24, 2.45) is 0 Å². The fourth-order valence-electron chi connectivity index (χ4n) is 1.42. The second-order valence-electron chi connectivity index (χ2n) is 3.12. The number of nitrogens with zero attached hydrogens (tertiary/aromatic N) is 2. The minimum absolute atomic E-state index is 0.719. The van der Waals surface area contributed by atoms with Crippen molar-refractivity contribution in [3.63, 3.8) is 0 Å². The number of hydrogen-bond acceptors (Lipinski definition) is 5. The van der Waals surface area contributed by atoms with E-state index in [-0.39, 0.29) is 0 Å². The minimum Gasteiger partial charge on any atom is -0.347 e. The Bertz CT molecular complexity index is 306. The molecule has 0 atom stereocenters. The van der Waals surface area contributed by atoms with E-state index in [4.69, 9.17) is 0 Å². The highest BCUT2D eigenvalue weighted by Gasteiger charge is 2.13. The fraction of sp³-hybridized carbons (Fsp3) is 0.556. The van der Waals surface area contributed by atoms with Crippen LogP contribution in [0.3, 0.4) is 0 Å². The van der Waals surface area contributed by atoms with Gasteiger partial charge in [-0.25, -0.2) is 4.98 Å². The molecule has 0 saturated carbocycles. The highest BCUT2D eigenvalue weighted by molar-refractivity contribution is 7.99. The normalized spacial score (nSPS) is 17.9. The van der Waals surface area contributed by atoms with Gasteiger partial charge in [0.05, 0.1) is 11.1 Å². The zero-order chi connectivity index (χ0) is 9.80. The van der Waals surface area contributed by atoms with Crippen LogP contribution in [0.1, 0.15) is 16.1 Å². The van der Waals surface area contributed by atoms with Crippen LogP contribution in [0.5, 0.6) is 0 Å². The van der Waals surface area contributed by atoms with Gasteiger partial charge in [0.2, 0.25) is 0 Å². The van der Waals surface area contributed by atoms with Crippen LogP contribution in [0.15, 0.2) is 6.20 Å². The third-order valence-corrected chi connectivity index (χ3v) is 4.15. The van der Waals surface area contributed by atoms with Crippen LogP contribution in [0.2, 0.25) is 0 Å². The van der Waals surface area contributed by atoms with Gasteiger partial charge in [0.15, 0.2) is 11.4 Å². The molecule has 1 saturated heterocycles. The average molecular weight is 228 g/mol. The topological polar surface area (TPSA) is 33.2 Å². The molecular weight excluding hydrogens is 216 g/mol. The van der Waals surface area contributed by atoms with Gasteiger partial charge in [-0.3, -0.25) is 4.79 Å². The first kappa shape index (κ1) is 9.98. The van der Waals surface area contributed by atoms with Gasteiger partial charge in [-0.05, 0) is 12.2 Å². The summed E-state index contributed by atoms with van der Waals surface area (Å²) in [5, 5.41) is 0.995. The van der Waals surface area contributed by atoms with Crippen molar-refractivity contribution in [1.82, 2.24) is 4.98 Å². The van der Waals surface area contributed by atoms with E-state index in [1.54, 1.807) is 6.20 Å². The third kappa shape index (κ3) is 2.27. The molecule has 76 valence electrons. The van der Waals surface area contributed by atoms with Crippen LogP contribution in [-0.4, -0.2) is 35.9 Å². The van der Waals surface area contributed by atoms with Crippen molar-refractivity contribution in [3.8, 4) is 0 Å². The highest BCUT2D eigenvalue weighted by Crippen LogP contribution is 2.23. The molecule has 2 rings (SSSR count). The molecule has 0 unspecified atom stereocenters. The van der Waals surface area contributed by atoms with E-state index in [0.29, 0.717) is 0 Å². The van der Waals surface area contributed by atoms with E-state index in [0.717, 1.165) is 35.1 Å². The van der Waals surface area contributed by atoms with Crippen molar-refractivity contribution < 1.29 is 4.79 Å². The summed E-state index contributed by atoms with van der Waals surface area (Å²) in [5.74, 6) is 2.40. The Kier molecular flexibility index (Phi) is 3.42. The molecule has 0 radical (unpaired) electrons. The Balaban J connectivity index is 2.08. The monoisotopic (exact) mass is 228 g/mol. The van der Waals surface area contributed by atoms with Crippen LogP contribution in [0.25, 0.3) is 0 Å². The van der Waals surface area contributed by atoms with Crippen molar-refractivity contribution in [2.45, 2.75) is 6.42 Å². The Labute approximate surface area is 91.5 Å². The number of thioether (sulfide) groups is 1. The second-order valence-corrected chi connectivity index (χ2v) is 5.38. The predicted octanol–water partition coefficient (Wildman–Crippen LogP) is 1.90. The lowest BCUT2D eigenvalue weighted by atomic mass is 10.4. The van der Waals surface area contributed by atoms with E-state index in [1.165, 1.54) is 23.5 Å². The van der Waals surface area contributed by atoms with Gasteiger partial charge in [0.1, 0.15) is 0 Å². The molecule has 1 aliphatic rings. The molecule has 1 aromatic heterocycles. The lowest BCUT2D eigenvalue weighted by molar-refractivity contribution is 0.112. The first-order valence-electron chi connectivity index (χ1n) is 4.64. The van der Waals surface area contributed by atoms with Gasteiger partial charge in [0.25, 0.3) is 0 Å². The largest absolute Gasteiger partial charge is 0.347 e. The Hall–Kier alpha value is -0.550. The third-order valence-electron chi connectivity index (χ3n) is 2.12. The molecule has 0 aliphatic carbocycles. The number of thiazole rings is 1. The molecule has 0 bridgehead atoms. The number of aromatic nitrogens is 1. The number of hydrogen-bond donors (Lipinski definition) is 0. The minimum atomic E-state index is 0.719. The number of anilines is 1. The average Bonchev–Trinajstić information content (AvgIpc) is 2.53. The summed E-state index contributed by atoms with van der Waals surface area (Å²) < 4.78 is 0. The van der Waals surface area contributed by atoms with E-state index < -0.39 is 0 Å². The summed E-state index contributed by atoms with van der Waals surface area (Å²) in [4.78, 5) is 17.8. The fourth-order valence-corrected chi connectivity index (χ4v) is 3.08. The summed E-state index contributed by atoms with van der Waals surface area (Å²) in [5.41, 5.74) is 0. The van der Waals surface area contributed by atoms with Gasteiger partial charge < -0.3 is 4.90 Å². The van der Waals surface area contributed by atoms with Gasteiger partial charge in [-0.15, -0.1) is 0 Å². The lowest BCUT2D eigenvalue weighted by Crippen LogP contribution is -2.25. The van der Waals surface area contributed by atoms with E-state index in [2.05, 4.69) is 9.88 Å². The molecule has 0 N–H and O–H groups in total. The van der Waals surface area contributed by atoms with E-state index >= 15 is 0 Å². The van der Waals surface area contributed by atoms with E-state index in [1.807, 2.05) is 11.8 Å². The summed E-state index contributed by atoms with van der Waals surface area (Å²) >= 11 is 3.48. The Morgan fingerprint density at radius 3 is 3.14 bits per heavy atom. The smallest absolute Gasteiger partial charge is 0.185 e. The van der Waals surface area contributed by atoms with Crippen molar-refractivity contribution in [3.05, 3.63) is 11.1 Å². The van der Waals surface area contributed by atoms with Crippen molar-refractivity contribution in [2.75, 3.05) is 29.5 Å². The predicted molar refractivity (Wildman–Crippen MR) is 61.7 cm³/mol. The van der Waals surface area contributed by atoms with Gasteiger partial charge in [-0.2, -0.15) is 11.8 Å². The molecule has 1 aromatic rings. The molecule has 1 fully saturated rings. The zero-order valence-corrected chi connectivity index (χ0v) is 9.44. The number of carbonyl (C=O) groups is 1. The Morgan fingerprint density at radius 2 is 2.36 bits per heavy atom.